The molecule has 1 fully saturated rings. The third kappa shape index (κ3) is 3.37. The second-order valence-corrected chi connectivity index (χ2v) is 4.83. The van der Waals surface area contributed by atoms with Gasteiger partial charge in [-0.1, -0.05) is 19.1 Å². The van der Waals surface area contributed by atoms with Gasteiger partial charge in [0.05, 0.1) is 12.1 Å². The fourth-order valence-corrected chi connectivity index (χ4v) is 2.48. The largest absolute Gasteiger partial charge is 0.391 e. The molecular formula is C13H24N2O2. The van der Waals surface area contributed by atoms with E-state index in [9.17, 15) is 9.90 Å². The number of carbonyl (C=O) groups excluding carboxylic acids is 1. The van der Waals surface area contributed by atoms with Crippen molar-refractivity contribution >= 4 is 5.78 Å². The Bertz CT molecular complexity index is 291. The Labute approximate surface area is 103 Å². The zero-order valence-corrected chi connectivity index (χ0v) is 10.9. The molecule has 1 saturated heterocycles. The van der Waals surface area contributed by atoms with Crippen molar-refractivity contribution in [3.8, 4) is 0 Å². The summed E-state index contributed by atoms with van der Waals surface area (Å²) in [7, 11) is 0. The van der Waals surface area contributed by atoms with Crippen molar-refractivity contribution in [3.05, 3.63) is 12.2 Å². The molecule has 0 radical (unpaired) electrons. The molecule has 5 atom stereocenters. The van der Waals surface area contributed by atoms with E-state index in [0.29, 0.717) is 6.42 Å². The minimum atomic E-state index is -0.522. The maximum absolute atomic E-state index is 11.4. The molecule has 0 spiro atoms. The van der Waals surface area contributed by atoms with E-state index in [1.165, 1.54) is 0 Å². The van der Waals surface area contributed by atoms with Crippen LogP contribution in [-0.2, 0) is 4.79 Å². The molecule has 4 N–H and O–H groups in total. The standard InChI is InChI=1S/C13H24N2O2/c1-4-6-9-7-10(8(3)16)15-13(9)12(14)11(17)5-2/h4,6,9-13,15,17H,5,7,14H2,1-3H3/b6-4-/t9?,10?,11-,12?,13?/m0/s1. The van der Waals surface area contributed by atoms with Crippen LogP contribution in [0.3, 0.4) is 0 Å². The maximum Gasteiger partial charge on any atom is 0.146 e. The molecule has 0 aromatic heterocycles. The van der Waals surface area contributed by atoms with Crippen LogP contribution in [-0.4, -0.2) is 35.1 Å². The molecule has 17 heavy (non-hydrogen) atoms. The number of carbonyl (C=O) groups is 1. The van der Waals surface area contributed by atoms with Crippen molar-refractivity contribution < 1.29 is 9.90 Å². The average molecular weight is 240 g/mol. The van der Waals surface area contributed by atoms with Crippen molar-refractivity contribution in [3.63, 3.8) is 0 Å². The first-order valence-electron chi connectivity index (χ1n) is 6.34. The molecule has 1 heterocycles. The Hall–Kier alpha value is -0.710. The molecule has 4 heteroatoms. The summed E-state index contributed by atoms with van der Waals surface area (Å²) in [6.07, 6.45) is 4.93. The molecule has 4 unspecified atom stereocenters. The van der Waals surface area contributed by atoms with Crippen molar-refractivity contribution in [1.29, 1.82) is 0 Å². The molecule has 0 amide bonds. The molecule has 1 aliphatic rings. The number of aliphatic hydroxyl groups excluding tert-OH is 1. The van der Waals surface area contributed by atoms with E-state index in [4.69, 9.17) is 5.73 Å². The highest BCUT2D eigenvalue weighted by atomic mass is 16.3. The summed E-state index contributed by atoms with van der Waals surface area (Å²) in [5.74, 6) is 0.366. The summed E-state index contributed by atoms with van der Waals surface area (Å²) in [6, 6.07) is -0.475. The molecule has 0 aromatic rings. The fraction of sp³-hybridized carbons (Fsp3) is 0.769. The smallest absolute Gasteiger partial charge is 0.146 e. The predicted octanol–water partition coefficient (Wildman–Crippen LogP) is 0.596. The van der Waals surface area contributed by atoms with Gasteiger partial charge in [0.25, 0.3) is 0 Å². The number of Topliss-reactive ketones (excluding diaryl/α,β-unsaturated/α-hetero) is 1. The fourth-order valence-electron chi connectivity index (χ4n) is 2.48. The molecule has 4 nitrogen and oxygen atoms in total. The van der Waals surface area contributed by atoms with E-state index in [2.05, 4.69) is 11.4 Å². The number of hydrogen-bond acceptors (Lipinski definition) is 4. The summed E-state index contributed by atoms with van der Waals surface area (Å²) in [4.78, 5) is 11.4. The zero-order valence-electron chi connectivity index (χ0n) is 10.9. The van der Waals surface area contributed by atoms with Crippen LogP contribution in [0.15, 0.2) is 12.2 Å². The third-order valence-corrected chi connectivity index (χ3v) is 3.57. The quantitative estimate of drug-likeness (QED) is 0.615. The van der Waals surface area contributed by atoms with Gasteiger partial charge >= 0.3 is 0 Å². The number of rotatable bonds is 5. The highest BCUT2D eigenvalue weighted by molar-refractivity contribution is 5.81. The SMILES string of the molecule is C/C=C\C1CC(C(C)=O)NC1C(N)[C@@H](O)CC. The van der Waals surface area contributed by atoms with Gasteiger partial charge in [-0.2, -0.15) is 0 Å². The average Bonchev–Trinajstić information content (AvgIpc) is 2.71. The Morgan fingerprint density at radius 3 is 2.76 bits per heavy atom. The van der Waals surface area contributed by atoms with Crippen LogP contribution in [0.4, 0.5) is 0 Å². The number of allylic oxidation sites excluding steroid dienone is 1. The van der Waals surface area contributed by atoms with Crippen LogP contribution in [0, 0.1) is 5.92 Å². The van der Waals surface area contributed by atoms with E-state index in [1.54, 1.807) is 6.92 Å². The van der Waals surface area contributed by atoms with Crippen LogP contribution < -0.4 is 11.1 Å². The lowest BCUT2D eigenvalue weighted by Crippen LogP contribution is -2.52. The van der Waals surface area contributed by atoms with Gasteiger partial charge in [-0.15, -0.1) is 0 Å². The normalized spacial score (nSPS) is 32.9. The first kappa shape index (κ1) is 14.4. The molecule has 98 valence electrons. The van der Waals surface area contributed by atoms with Gasteiger partial charge < -0.3 is 16.2 Å². The maximum atomic E-state index is 11.4. The second-order valence-electron chi connectivity index (χ2n) is 4.83. The van der Waals surface area contributed by atoms with Crippen molar-refractivity contribution in [2.75, 3.05) is 0 Å². The van der Waals surface area contributed by atoms with Crippen LogP contribution in [0.5, 0.6) is 0 Å². The number of nitrogens with one attached hydrogen (secondary N) is 1. The topological polar surface area (TPSA) is 75.4 Å². The first-order valence-corrected chi connectivity index (χ1v) is 6.34. The summed E-state index contributed by atoms with van der Waals surface area (Å²) in [5.41, 5.74) is 6.06. The third-order valence-electron chi connectivity index (χ3n) is 3.57. The van der Waals surface area contributed by atoms with E-state index < -0.39 is 6.10 Å². The predicted molar refractivity (Wildman–Crippen MR) is 68.6 cm³/mol. The van der Waals surface area contributed by atoms with Gasteiger partial charge in [-0.05, 0) is 32.6 Å². The lowest BCUT2D eigenvalue weighted by molar-refractivity contribution is -0.118. The van der Waals surface area contributed by atoms with Crippen molar-refractivity contribution in [1.82, 2.24) is 5.32 Å². The number of nitrogens with two attached hydrogens (primary N) is 1. The van der Waals surface area contributed by atoms with E-state index in [1.807, 2.05) is 19.9 Å². The molecule has 0 aliphatic carbocycles. The summed E-state index contributed by atoms with van der Waals surface area (Å²) in [6.45, 7) is 5.46. The Morgan fingerprint density at radius 1 is 1.65 bits per heavy atom. The van der Waals surface area contributed by atoms with Crippen molar-refractivity contribution in [2.24, 2.45) is 11.7 Å². The summed E-state index contributed by atoms with van der Waals surface area (Å²) < 4.78 is 0. The molecule has 1 rings (SSSR count). The van der Waals surface area contributed by atoms with Gasteiger partial charge in [0, 0.05) is 12.1 Å². The highest BCUT2D eigenvalue weighted by Gasteiger charge is 2.39. The Balaban J connectivity index is 2.77. The molecule has 1 aliphatic heterocycles. The molecular weight excluding hydrogens is 216 g/mol. The Morgan fingerprint density at radius 2 is 2.29 bits per heavy atom. The summed E-state index contributed by atoms with van der Waals surface area (Å²) >= 11 is 0. The van der Waals surface area contributed by atoms with Crippen LogP contribution in [0.2, 0.25) is 0 Å². The minimum Gasteiger partial charge on any atom is -0.391 e. The summed E-state index contributed by atoms with van der Waals surface area (Å²) in [5, 5.41) is 13.1. The van der Waals surface area contributed by atoms with Crippen LogP contribution in [0.1, 0.15) is 33.6 Å². The molecule has 0 aromatic carbocycles. The van der Waals surface area contributed by atoms with Gasteiger partial charge in [0.15, 0.2) is 0 Å². The van der Waals surface area contributed by atoms with E-state index in [-0.39, 0.29) is 29.8 Å². The number of hydrogen-bond donors (Lipinski definition) is 3. The van der Waals surface area contributed by atoms with E-state index in [0.717, 1.165) is 6.42 Å². The second kappa shape index (κ2) is 6.28. The van der Waals surface area contributed by atoms with Crippen LogP contribution in [0.25, 0.3) is 0 Å². The van der Waals surface area contributed by atoms with Crippen molar-refractivity contribution in [2.45, 2.75) is 57.8 Å². The lowest BCUT2D eigenvalue weighted by Gasteiger charge is -2.27. The molecule has 0 saturated carbocycles. The molecule has 0 bridgehead atoms. The van der Waals surface area contributed by atoms with Gasteiger partial charge in [-0.25, -0.2) is 0 Å². The van der Waals surface area contributed by atoms with Gasteiger partial charge in [0.2, 0.25) is 0 Å². The van der Waals surface area contributed by atoms with Gasteiger partial charge in [-0.3, -0.25) is 4.79 Å². The highest BCUT2D eigenvalue weighted by Crippen LogP contribution is 2.25. The Kier molecular flexibility index (Phi) is 5.31. The minimum absolute atomic E-state index is 0.0185. The van der Waals surface area contributed by atoms with Crippen LogP contribution >= 0.6 is 0 Å². The number of aliphatic hydroxyl groups is 1. The lowest BCUT2D eigenvalue weighted by atomic mass is 9.90. The zero-order chi connectivity index (χ0) is 13.0. The van der Waals surface area contributed by atoms with Gasteiger partial charge in [0.1, 0.15) is 5.78 Å². The first-order chi connectivity index (χ1) is 8.01. The monoisotopic (exact) mass is 240 g/mol. The van der Waals surface area contributed by atoms with E-state index >= 15 is 0 Å². The number of ketones is 1.